The van der Waals surface area contributed by atoms with E-state index in [9.17, 15) is 0 Å². The van der Waals surface area contributed by atoms with Crippen LogP contribution in [0.25, 0.3) is 0 Å². The molecule has 0 aromatic heterocycles. The topological polar surface area (TPSA) is 18.5 Å². The van der Waals surface area contributed by atoms with Gasteiger partial charge in [-0.2, -0.15) is 0 Å². The van der Waals surface area contributed by atoms with Crippen molar-refractivity contribution < 1.29 is 9.47 Å². The van der Waals surface area contributed by atoms with Crippen LogP contribution in [-0.4, -0.2) is 14.2 Å². The van der Waals surface area contributed by atoms with Crippen LogP contribution in [0, 0.1) is 28.6 Å². The molecular weight excluding hydrogens is 320 g/mol. The van der Waals surface area contributed by atoms with E-state index in [-0.39, 0.29) is 0 Å². The van der Waals surface area contributed by atoms with Crippen LogP contribution in [0.15, 0.2) is 18.2 Å². The summed E-state index contributed by atoms with van der Waals surface area (Å²) in [5, 5.41) is 0. The average Bonchev–Trinajstić information content (AvgIpc) is 2.59. The third-order valence-corrected chi connectivity index (χ3v) is 7.88. The fourth-order valence-electron chi connectivity index (χ4n) is 6.56. The van der Waals surface area contributed by atoms with Crippen LogP contribution in [0.5, 0.6) is 11.5 Å². The quantitative estimate of drug-likeness (QED) is 0.597. The monoisotopic (exact) mass is 358 g/mol. The van der Waals surface area contributed by atoms with E-state index in [0.717, 1.165) is 35.7 Å². The molecule has 0 saturated heterocycles. The minimum atomic E-state index is 0.502. The van der Waals surface area contributed by atoms with Crippen LogP contribution in [-0.2, 0) is 6.42 Å². The standard InChI is InChI=1S/C24H38O2/c1-17-8-11-22-23(2,3)12-7-13-24(22,4)21(17)10-9-18-14-19(25-5)16-20(15-18)26-6/h14-17,21-22H,7-13H2,1-6H3. The Hall–Kier alpha value is -1.18. The highest BCUT2D eigenvalue weighted by atomic mass is 16.5. The molecule has 0 bridgehead atoms. The smallest absolute Gasteiger partial charge is 0.122 e. The average molecular weight is 359 g/mol. The molecule has 1 aromatic carbocycles. The maximum absolute atomic E-state index is 5.46. The molecule has 1 aromatic rings. The zero-order valence-electron chi connectivity index (χ0n) is 17.7. The van der Waals surface area contributed by atoms with Crippen molar-refractivity contribution in [2.75, 3.05) is 14.2 Å². The van der Waals surface area contributed by atoms with E-state index in [0.29, 0.717) is 10.8 Å². The maximum atomic E-state index is 5.46. The van der Waals surface area contributed by atoms with Crippen molar-refractivity contribution in [3.8, 4) is 11.5 Å². The summed E-state index contributed by atoms with van der Waals surface area (Å²) in [7, 11) is 3.47. The van der Waals surface area contributed by atoms with E-state index in [1.165, 1.54) is 44.1 Å². The fraction of sp³-hybridized carbons (Fsp3) is 0.750. The molecule has 146 valence electrons. The zero-order valence-corrected chi connectivity index (χ0v) is 17.7. The second-order valence-corrected chi connectivity index (χ2v) is 9.82. The Balaban J connectivity index is 1.79. The molecule has 2 aliphatic carbocycles. The highest BCUT2D eigenvalue weighted by Crippen LogP contribution is 2.61. The molecule has 0 aliphatic heterocycles. The van der Waals surface area contributed by atoms with Gasteiger partial charge in [-0.05, 0) is 78.4 Å². The first-order valence-corrected chi connectivity index (χ1v) is 10.5. The van der Waals surface area contributed by atoms with Crippen molar-refractivity contribution in [1.29, 1.82) is 0 Å². The van der Waals surface area contributed by atoms with Crippen LogP contribution < -0.4 is 9.47 Å². The number of hydrogen-bond donors (Lipinski definition) is 0. The molecule has 2 heteroatoms. The van der Waals surface area contributed by atoms with Crippen LogP contribution in [0.1, 0.15) is 71.8 Å². The molecule has 0 N–H and O–H groups in total. The molecule has 4 unspecified atom stereocenters. The highest BCUT2D eigenvalue weighted by molar-refractivity contribution is 5.38. The van der Waals surface area contributed by atoms with Gasteiger partial charge in [0.15, 0.2) is 0 Å². The Morgan fingerprint density at radius 1 is 0.962 bits per heavy atom. The molecule has 26 heavy (non-hydrogen) atoms. The predicted molar refractivity (Wildman–Crippen MR) is 109 cm³/mol. The molecule has 2 fully saturated rings. The van der Waals surface area contributed by atoms with E-state index >= 15 is 0 Å². The minimum Gasteiger partial charge on any atom is -0.497 e. The van der Waals surface area contributed by atoms with Crippen molar-refractivity contribution in [2.45, 2.75) is 72.6 Å². The lowest BCUT2D eigenvalue weighted by Crippen LogP contribution is -2.51. The molecule has 0 heterocycles. The lowest BCUT2D eigenvalue weighted by molar-refractivity contribution is -0.0957. The summed E-state index contributed by atoms with van der Waals surface area (Å²) >= 11 is 0. The minimum absolute atomic E-state index is 0.502. The largest absolute Gasteiger partial charge is 0.497 e. The van der Waals surface area contributed by atoms with Gasteiger partial charge in [-0.25, -0.2) is 0 Å². The summed E-state index contributed by atoms with van der Waals surface area (Å²) in [5.41, 5.74) is 2.35. The first-order valence-electron chi connectivity index (χ1n) is 10.5. The Morgan fingerprint density at radius 3 is 2.23 bits per heavy atom. The number of benzene rings is 1. The van der Waals surface area contributed by atoms with Crippen molar-refractivity contribution in [2.24, 2.45) is 28.6 Å². The number of aryl methyl sites for hydroxylation is 1. The molecule has 0 spiro atoms. The summed E-state index contributed by atoms with van der Waals surface area (Å²) in [6.45, 7) is 10.2. The van der Waals surface area contributed by atoms with E-state index in [2.05, 4.69) is 39.8 Å². The molecule has 2 saturated carbocycles. The number of rotatable bonds is 5. The Labute approximate surface area is 160 Å². The Morgan fingerprint density at radius 2 is 1.62 bits per heavy atom. The van der Waals surface area contributed by atoms with E-state index in [1.54, 1.807) is 14.2 Å². The molecule has 2 nitrogen and oxygen atoms in total. The van der Waals surface area contributed by atoms with Gasteiger partial charge in [0.05, 0.1) is 14.2 Å². The van der Waals surface area contributed by atoms with Gasteiger partial charge in [0.25, 0.3) is 0 Å². The number of methoxy groups -OCH3 is 2. The second kappa shape index (κ2) is 7.44. The number of ether oxygens (including phenoxy) is 2. The maximum Gasteiger partial charge on any atom is 0.122 e. The van der Waals surface area contributed by atoms with E-state index in [4.69, 9.17) is 9.47 Å². The van der Waals surface area contributed by atoms with Gasteiger partial charge >= 0.3 is 0 Å². The summed E-state index contributed by atoms with van der Waals surface area (Å²) in [4.78, 5) is 0. The van der Waals surface area contributed by atoms with Crippen molar-refractivity contribution in [3.63, 3.8) is 0 Å². The third kappa shape index (κ3) is 3.62. The number of hydrogen-bond acceptors (Lipinski definition) is 2. The summed E-state index contributed by atoms with van der Waals surface area (Å²) < 4.78 is 10.9. The second-order valence-electron chi connectivity index (χ2n) is 9.82. The molecule has 0 amide bonds. The molecular formula is C24H38O2. The first kappa shape index (κ1) is 19.6. The van der Waals surface area contributed by atoms with Gasteiger partial charge < -0.3 is 9.47 Å². The van der Waals surface area contributed by atoms with Gasteiger partial charge in [0, 0.05) is 6.07 Å². The van der Waals surface area contributed by atoms with Crippen LogP contribution in [0.3, 0.4) is 0 Å². The third-order valence-electron chi connectivity index (χ3n) is 7.88. The van der Waals surface area contributed by atoms with Crippen molar-refractivity contribution >= 4 is 0 Å². The first-order chi connectivity index (χ1) is 12.3. The van der Waals surface area contributed by atoms with Gasteiger partial charge in [0.2, 0.25) is 0 Å². The summed E-state index contributed by atoms with van der Waals surface area (Å²) in [6.07, 6.45) is 9.44. The lowest BCUT2D eigenvalue weighted by Gasteiger charge is -2.59. The fourth-order valence-corrected chi connectivity index (χ4v) is 6.56. The van der Waals surface area contributed by atoms with Gasteiger partial charge in [-0.3, -0.25) is 0 Å². The van der Waals surface area contributed by atoms with Crippen molar-refractivity contribution in [3.05, 3.63) is 23.8 Å². The highest BCUT2D eigenvalue weighted by Gasteiger charge is 2.53. The van der Waals surface area contributed by atoms with E-state index in [1.807, 2.05) is 6.07 Å². The zero-order chi connectivity index (χ0) is 18.9. The summed E-state index contributed by atoms with van der Waals surface area (Å²) in [5.74, 6) is 4.33. The molecule has 0 radical (unpaired) electrons. The van der Waals surface area contributed by atoms with Crippen molar-refractivity contribution in [1.82, 2.24) is 0 Å². The molecule has 3 rings (SSSR count). The summed E-state index contributed by atoms with van der Waals surface area (Å²) in [6, 6.07) is 6.33. The Bertz CT molecular complexity index is 598. The van der Waals surface area contributed by atoms with Crippen LogP contribution in [0.2, 0.25) is 0 Å². The Kier molecular flexibility index (Phi) is 5.61. The number of fused-ring (bicyclic) bond motifs is 1. The van der Waals surface area contributed by atoms with E-state index < -0.39 is 0 Å². The molecule has 4 atom stereocenters. The van der Waals surface area contributed by atoms with Crippen LogP contribution >= 0.6 is 0 Å². The predicted octanol–water partition coefficient (Wildman–Crippen LogP) is 6.52. The van der Waals surface area contributed by atoms with Gasteiger partial charge in [0.1, 0.15) is 11.5 Å². The SMILES string of the molecule is COc1cc(CCC2C(C)CCC3C(C)(C)CCCC23C)cc(OC)c1. The van der Waals surface area contributed by atoms with Gasteiger partial charge in [-0.1, -0.05) is 40.5 Å². The molecule has 2 aliphatic rings. The lowest BCUT2D eigenvalue weighted by atomic mass is 9.46. The van der Waals surface area contributed by atoms with Crippen LogP contribution in [0.4, 0.5) is 0 Å². The normalized spacial score (nSPS) is 33.4. The van der Waals surface area contributed by atoms with Gasteiger partial charge in [-0.15, -0.1) is 0 Å².